The van der Waals surface area contributed by atoms with E-state index < -0.39 is 0 Å². The smallest absolute Gasteiger partial charge is 0.227 e. The van der Waals surface area contributed by atoms with Crippen molar-refractivity contribution in [1.29, 1.82) is 0 Å². The van der Waals surface area contributed by atoms with Crippen LogP contribution in [0, 0.1) is 0 Å². The van der Waals surface area contributed by atoms with Gasteiger partial charge in [-0.2, -0.15) is 0 Å². The third-order valence-corrected chi connectivity index (χ3v) is 4.20. The molecule has 0 radical (unpaired) electrons. The van der Waals surface area contributed by atoms with Crippen molar-refractivity contribution in [3.63, 3.8) is 0 Å². The summed E-state index contributed by atoms with van der Waals surface area (Å²) >= 11 is 1.72. The average molecular weight is 279 g/mol. The second-order valence-electron chi connectivity index (χ2n) is 4.77. The Labute approximate surface area is 119 Å². The summed E-state index contributed by atoms with van der Waals surface area (Å²) in [6, 6.07) is 8.23. The first kappa shape index (κ1) is 14.4. The van der Waals surface area contributed by atoms with E-state index in [-0.39, 0.29) is 12.0 Å². The van der Waals surface area contributed by atoms with Crippen molar-refractivity contribution in [3.8, 4) is 0 Å². The van der Waals surface area contributed by atoms with E-state index >= 15 is 0 Å². The number of morpholine rings is 1. The van der Waals surface area contributed by atoms with Crippen LogP contribution in [0.2, 0.25) is 0 Å². The fraction of sp³-hybridized carbons (Fsp3) is 0.533. The molecule has 2 rings (SSSR count). The molecule has 3 nitrogen and oxygen atoms in total. The molecule has 0 unspecified atom stereocenters. The highest BCUT2D eigenvalue weighted by atomic mass is 32.2. The zero-order valence-electron chi connectivity index (χ0n) is 11.6. The Morgan fingerprint density at radius 1 is 1.42 bits per heavy atom. The van der Waals surface area contributed by atoms with Crippen LogP contribution in [0.15, 0.2) is 29.2 Å². The van der Waals surface area contributed by atoms with Gasteiger partial charge in [0.2, 0.25) is 5.91 Å². The maximum Gasteiger partial charge on any atom is 0.227 e. The van der Waals surface area contributed by atoms with Gasteiger partial charge in [-0.3, -0.25) is 4.79 Å². The van der Waals surface area contributed by atoms with Gasteiger partial charge in [0.15, 0.2) is 0 Å². The lowest BCUT2D eigenvalue weighted by Crippen LogP contribution is -2.45. The Morgan fingerprint density at radius 3 is 2.79 bits per heavy atom. The number of carbonyl (C=O) groups is 1. The number of thioether (sulfide) groups is 1. The highest BCUT2D eigenvalue weighted by Gasteiger charge is 2.22. The maximum absolute atomic E-state index is 12.2. The standard InChI is InChI=1S/C15H21NO2S/c1-3-13-11-16(8-9-18-13)15(17)10-12-4-6-14(19-2)7-5-12/h4-7,13H,3,8-11H2,1-2H3/t13-/m0/s1. The molecule has 1 aromatic carbocycles. The van der Waals surface area contributed by atoms with Crippen LogP contribution in [0.1, 0.15) is 18.9 Å². The Bertz CT molecular complexity index is 419. The molecular weight excluding hydrogens is 258 g/mol. The average Bonchev–Trinajstić information content (AvgIpc) is 2.48. The molecule has 1 aliphatic heterocycles. The van der Waals surface area contributed by atoms with Crippen molar-refractivity contribution >= 4 is 17.7 Å². The lowest BCUT2D eigenvalue weighted by atomic mass is 10.1. The summed E-state index contributed by atoms with van der Waals surface area (Å²) in [6.07, 6.45) is 3.72. The fourth-order valence-electron chi connectivity index (χ4n) is 2.22. The van der Waals surface area contributed by atoms with Crippen molar-refractivity contribution in [2.75, 3.05) is 26.0 Å². The number of rotatable bonds is 4. The van der Waals surface area contributed by atoms with Crippen LogP contribution in [-0.2, 0) is 16.0 Å². The summed E-state index contributed by atoms with van der Waals surface area (Å²) in [6.45, 7) is 4.21. The molecule has 0 N–H and O–H groups in total. The number of ether oxygens (including phenoxy) is 1. The van der Waals surface area contributed by atoms with E-state index in [1.54, 1.807) is 11.8 Å². The van der Waals surface area contributed by atoms with Crippen LogP contribution < -0.4 is 0 Å². The predicted octanol–water partition coefficient (Wildman–Crippen LogP) is 2.59. The van der Waals surface area contributed by atoms with Crippen LogP contribution in [0.3, 0.4) is 0 Å². The Balaban J connectivity index is 1.92. The molecule has 1 aromatic rings. The number of amides is 1. The zero-order valence-corrected chi connectivity index (χ0v) is 12.4. The second kappa shape index (κ2) is 6.96. The molecule has 1 heterocycles. The summed E-state index contributed by atoms with van der Waals surface area (Å²) in [7, 11) is 0. The molecule has 104 valence electrons. The van der Waals surface area contributed by atoms with Gasteiger partial charge in [-0.25, -0.2) is 0 Å². The van der Waals surface area contributed by atoms with Crippen LogP contribution in [0.4, 0.5) is 0 Å². The van der Waals surface area contributed by atoms with Crippen molar-refractivity contribution in [2.45, 2.75) is 30.8 Å². The summed E-state index contributed by atoms with van der Waals surface area (Å²) in [5, 5.41) is 0. The van der Waals surface area contributed by atoms with Gasteiger partial charge in [-0.05, 0) is 30.4 Å². The monoisotopic (exact) mass is 279 g/mol. The third kappa shape index (κ3) is 3.98. The SMILES string of the molecule is CC[C@H]1CN(C(=O)Cc2ccc(SC)cc2)CCO1. The van der Waals surface area contributed by atoms with Crippen molar-refractivity contribution in [2.24, 2.45) is 0 Å². The first-order valence-corrected chi connectivity index (χ1v) is 7.97. The van der Waals surface area contributed by atoms with Crippen LogP contribution in [-0.4, -0.2) is 42.9 Å². The van der Waals surface area contributed by atoms with Gasteiger partial charge in [0.05, 0.1) is 19.1 Å². The van der Waals surface area contributed by atoms with Gasteiger partial charge < -0.3 is 9.64 Å². The summed E-state index contributed by atoms with van der Waals surface area (Å²) in [5.74, 6) is 0.207. The van der Waals surface area contributed by atoms with Crippen LogP contribution in [0.25, 0.3) is 0 Å². The Kier molecular flexibility index (Phi) is 5.28. The summed E-state index contributed by atoms with van der Waals surface area (Å²) < 4.78 is 5.59. The molecule has 0 saturated carbocycles. The molecule has 4 heteroatoms. The molecule has 0 bridgehead atoms. The topological polar surface area (TPSA) is 29.5 Å². The molecule has 0 aliphatic carbocycles. The molecule has 0 spiro atoms. The number of benzene rings is 1. The fourth-order valence-corrected chi connectivity index (χ4v) is 2.63. The molecule has 1 amide bonds. The van der Waals surface area contributed by atoms with E-state index in [1.165, 1.54) is 4.90 Å². The van der Waals surface area contributed by atoms with E-state index in [0.717, 1.165) is 25.1 Å². The molecule has 1 saturated heterocycles. The van der Waals surface area contributed by atoms with Gasteiger partial charge in [0.1, 0.15) is 0 Å². The van der Waals surface area contributed by atoms with Crippen molar-refractivity contribution in [3.05, 3.63) is 29.8 Å². The van der Waals surface area contributed by atoms with Crippen LogP contribution in [0.5, 0.6) is 0 Å². The lowest BCUT2D eigenvalue weighted by Gasteiger charge is -2.32. The molecule has 1 aliphatic rings. The molecule has 0 aromatic heterocycles. The second-order valence-corrected chi connectivity index (χ2v) is 5.65. The first-order valence-electron chi connectivity index (χ1n) is 6.75. The Morgan fingerprint density at radius 2 is 2.16 bits per heavy atom. The predicted molar refractivity (Wildman–Crippen MR) is 78.5 cm³/mol. The van der Waals surface area contributed by atoms with E-state index in [0.29, 0.717) is 13.0 Å². The van der Waals surface area contributed by atoms with Gasteiger partial charge in [0, 0.05) is 18.0 Å². The molecule has 1 fully saturated rings. The van der Waals surface area contributed by atoms with Gasteiger partial charge >= 0.3 is 0 Å². The zero-order chi connectivity index (χ0) is 13.7. The van der Waals surface area contributed by atoms with E-state index in [4.69, 9.17) is 4.74 Å². The van der Waals surface area contributed by atoms with Crippen molar-refractivity contribution in [1.82, 2.24) is 4.90 Å². The van der Waals surface area contributed by atoms with E-state index in [9.17, 15) is 4.79 Å². The summed E-state index contributed by atoms with van der Waals surface area (Å²) in [4.78, 5) is 15.4. The van der Waals surface area contributed by atoms with Crippen molar-refractivity contribution < 1.29 is 9.53 Å². The quantitative estimate of drug-likeness (QED) is 0.793. The number of carbonyl (C=O) groups excluding carboxylic acids is 1. The highest BCUT2D eigenvalue weighted by Crippen LogP contribution is 2.16. The lowest BCUT2D eigenvalue weighted by molar-refractivity contribution is -0.138. The third-order valence-electron chi connectivity index (χ3n) is 3.46. The highest BCUT2D eigenvalue weighted by molar-refractivity contribution is 7.98. The van der Waals surface area contributed by atoms with Gasteiger partial charge in [-0.15, -0.1) is 11.8 Å². The van der Waals surface area contributed by atoms with E-state index in [1.807, 2.05) is 17.0 Å². The van der Waals surface area contributed by atoms with E-state index in [2.05, 4.69) is 25.3 Å². The van der Waals surface area contributed by atoms with Gasteiger partial charge in [-0.1, -0.05) is 19.1 Å². The maximum atomic E-state index is 12.2. The normalized spacial score (nSPS) is 19.5. The van der Waals surface area contributed by atoms with Crippen LogP contribution >= 0.6 is 11.8 Å². The molecule has 19 heavy (non-hydrogen) atoms. The minimum atomic E-state index is 0.205. The minimum Gasteiger partial charge on any atom is -0.375 e. The molecule has 1 atom stereocenters. The Hall–Kier alpha value is -1.00. The van der Waals surface area contributed by atoms with Gasteiger partial charge in [0.25, 0.3) is 0 Å². The number of hydrogen-bond donors (Lipinski definition) is 0. The first-order chi connectivity index (χ1) is 9.22. The number of hydrogen-bond acceptors (Lipinski definition) is 3. The molecular formula is C15H21NO2S. The largest absolute Gasteiger partial charge is 0.375 e. The summed E-state index contributed by atoms with van der Waals surface area (Å²) in [5.41, 5.74) is 1.09. The minimum absolute atomic E-state index is 0.205. The number of nitrogens with zero attached hydrogens (tertiary/aromatic N) is 1.